The fourth-order valence-corrected chi connectivity index (χ4v) is 4.14. The van der Waals surface area contributed by atoms with E-state index in [1.165, 1.54) is 16.7 Å². The Morgan fingerprint density at radius 3 is 2.46 bits per heavy atom. The van der Waals surface area contributed by atoms with Crippen LogP contribution in [0.1, 0.15) is 46.9 Å². The van der Waals surface area contributed by atoms with E-state index in [2.05, 4.69) is 15.4 Å². The number of aryl methyl sites for hydroxylation is 2. The van der Waals surface area contributed by atoms with Crippen molar-refractivity contribution in [2.24, 2.45) is 7.05 Å². The van der Waals surface area contributed by atoms with Gasteiger partial charge in [-0.05, 0) is 52.0 Å². The molecule has 1 atom stereocenters. The predicted octanol–water partition coefficient (Wildman–Crippen LogP) is 3.75. The Labute approximate surface area is 212 Å². The van der Waals surface area contributed by atoms with Crippen molar-refractivity contribution >= 4 is 17.5 Å². The molecule has 194 valence electrons. The molecule has 0 spiro atoms. The van der Waals surface area contributed by atoms with E-state index in [4.69, 9.17) is 9.47 Å². The van der Waals surface area contributed by atoms with Gasteiger partial charge in [0.1, 0.15) is 23.9 Å². The van der Waals surface area contributed by atoms with Crippen LogP contribution in [0.15, 0.2) is 42.7 Å². The summed E-state index contributed by atoms with van der Waals surface area (Å²) < 4.78 is 42.2. The van der Waals surface area contributed by atoms with Gasteiger partial charge in [0.15, 0.2) is 16.9 Å². The molecule has 4 rings (SSSR count). The molecular weight excluding hydrogens is 484 g/mol. The fourth-order valence-electron chi connectivity index (χ4n) is 4.14. The number of benzene rings is 1. The van der Waals surface area contributed by atoms with Gasteiger partial charge in [-0.15, -0.1) is 0 Å². The SMILES string of the molecule is CCOC(=O)C(C)(NC(=O)c1c(C)nc2c(OCc3c(F)cccc3F)cccn12)c1cnn(C)c1C. The molecule has 37 heavy (non-hydrogen) atoms. The number of aromatic nitrogens is 4. The molecule has 0 aliphatic rings. The molecule has 1 unspecified atom stereocenters. The van der Waals surface area contributed by atoms with Crippen LogP contribution in [0, 0.1) is 25.5 Å². The van der Waals surface area contributed by atoms with Crippen molar-refractivity contribution in [1.82, 2.24) is 24.5 Å². The maximum absolute atomic E-state index is 14.1. The zero-order valence-electron chi connectivity index (χ0n) is 21.1. The van der Waals surface area contributed by atoms with E-state index >= 15 is 0 Å². The number of amides is 1. The van der Waals surface area contributed by atoms with E-state index < -0.39 is 29.0 Å². The van der Waals surface area contributed by atoms with Crippen molar-refractivity contribution < 1.29 is 27.8 Å². The van der Waals surface area contributed by atoms with Crippen molar-refractivity contribution in [2.75, 3.05) is 6.61 Å². The number of pyridine rings is 1. The molecule has 1 N–H and O–H groups in total. The zero-order valence-corrected chi connectivity index (χ0v) is 21.1. The van der Waals surface area contributed by atoms with E-state index in [0.29, 0.717) is 17.0 Å². The maximum Gasteiger partial charge on any atom is 0.336 e. The number of hydrogen-bond donors (Lipinski definition) is 1. The molecule has 0 fully saturated rings. The highest BCUT2D eigenvalue weighted by Gasteiger charge is 2.42. The van der Waals surface area contributed by atoms with Gasteiger partial charge in [-0.3, -0.25) is 13.9 Å². The van der Waals surface area contributed by atoms with Gasteiger partial charge < -0.3 is 14.8 Å². The zero-order chi connectivity index (χ0) is 26.9. The molecular formula is C26H27F2N5O4. The van der Waals surface area contributed by atoms with Crippen LogP contribution in [0.25, 0.3) is 5.65 Å². The third-order valence-corrected chi connectivity index (χ3v) is 6.26. The lowest BCUT2D eigenvalue weighted by Gasteiger charge is -2.28. The molecule has 1 aromatic carbocycles. The van der Waals surface area contributed by atoms with Crippen molar-refractivity contribution in [3.8, 4) is 5.75 Å². The Balaban J connectivity index is 1.69. The van der Waals surface area contributed by atoms with Crippen LogP contribution >= 0.6 is 0 Å². The van der Waals surface area contributed by atoms with Crippen molar-refractivity contribution in [3.05, 3.63) is 82.6 Å². The summed E-state index contributed by atoms with van der Waals surface area (Å²) in [5.41, 5.74) is 0.221. The first-order valence-electron chi connectivity index (χ1n) is 11.6. The Kier molecular flexibility index (Phi) is 6.97. The number of fused-ring (bicyclic) bond motifs is 1. The van der Waals surface area contributed by atoms with Gasteiger partial charge >= 0.3 is 5.97 Å². The highest BCUT2D eigenvalue weighted by molar-refractivity contribution is 5.99. The summed E-state index contributed by atoms with van der Waals surface area (Å²) >= 11 is 0. The van der Waals surface area contributed by atoms with Gasteiger partial charge in [-0.25, -0.2) is 18.6 Å². The number of esters is 1. The van der Waals surface area contributed by atoms with Crippen LogP contribution in [0.2, 0.25) is 0 Å². The molecule has 11 heteroatoms. The second kappa shape index (κ2) is 10.00. The summed E-state index contributed by atoms with van der Waals surface area (Å²) in [5, 5.41) is 7.01. The summed E-state index contributed by atoms with van der Waals surface area (Å²) in [5.74, 6) is -2.45. The number of imidazole rings is 1. The standard InChI is InChI=1S/C26H27F2N5O4/c1-6-36-25(35)26(4,18-13-29-32(5)16(18)3)31-24(34)22-15(2)30-23-21(11-8-12-33(22)23)37-14-17-19(27)9-7-10-20(17)28/h7-13H,6,14H2,1-5H3,(H,31,34). The van der Waals surface area contributed by atoms with Gasteiger partial charge in [0.2, 0.25) is 0 Å². The molecule has 0 radical (unpaired) electrons. The van der Waals surface area contributed by atoms with E-state index in [0.717, 1.165) is 12.1 Å². The molecule has 0 aliphatic carbocycles. The van der Waals surface area contributed by atoms with Crippen LogP contribution in [0.4, 0.5) is 8.78 Å². The lowest BCUT2D eigenvalue weighted by atomic mass is 9.92. The molecule has 0 bridgehead atoms. The first kappa shape index (κ1) is 25.8. The Bertz CT molecular complexity index is 1480. The number of carbonyl (C=O) groups excluding carboxylic acids is 2. The second-order valence-electron chi connectivity index (χ2n) is 8.67. The Morgan fingerprint density at radius 2 is 1.84 bits per heavy atom. The molecule has 0 aliphatic heterocycles. The number of rotatable bonds is 8. The van der Waals surface area contributed by atoms with Crippen molar-refractivity contribution in [2.45, 2.75) is 39.8 Å². The van der Waals surface area contributed by atoms with Gasteiger partial charge in [-0.1, -0.05) is 6.07 Å². The minimum Gasteiger partial charge on any atom is -0.485 e. The van der Waals surface area contributed by atoms with Crippen LogP contribution in [-0.2, 0) is 28.7 Å². The number of halogens is 2. The van der Waals surface area contributed by atoms with Crippen LogP contribution < -0.4 is 10.1 Å². The second-order valence-corrected chi connectivity index (χ2v) is 8.67. The highest BCUT2D eigenvalue weighted by Crippen LogP contribution is 2.28. The van der Waals surface area contributed by atoms with E-state index in [1.807, 2.05) is 0 Å². The lowest BCUT2D eigenvalue weighted by Crippen LogP contribution is -2.51. The lowest BCUT2D eigenvalue weighted by molar-refractivity contribution is -0.150. The van der Waals surface area contributed by atoms with Gasteiger partial charge in [0.25, 0.3) is 5.91 Å². The normalized spacial score (nSPS) is 12.8. The van der Waals surface area contributed by atoms with Crippen LogP contribution in [-0.4, -0.2) is 37.6 Å². The van der Waals surface area contributed by atoms with Gasteiger partial charge in [-0.2, -0.15) is 5.10 Å². The third kappa shape index (κ3) is 4.64. The third-order valence-electron chi connectivity index (χ3n) is 6.26. The number of carbonyl (C=O) groups is 2. The summed E-state index contributed by atoms with van der Waals surface area (Å²) in [7, 11) is 1.73. The van der Waals surface area contributed by atoms with Crippen LogP contribution in [0.5, 0.6) is 5.75 Å². The largest absolute Gasteiger partial charge is 0.485 e. The average molecular weight is 512 g/mol. The van der Waals surface area contributed by atoms with E-state index in [-0.39, 0.29) is 35.9 Å². The van der Waals surface area contributed by atoms with Crippen molar-refractivity contribution in [1.29, 1.82) is 0 Å². The Hall–Kier alpha value is -4.28. The molecule has 9 nitrogen and oxygen atoms in total. The number of hydrogen-bond acceptors (Lipinski definition) is 6. The molecule has 3 heterocycles. The van der Waals surface area contributed by atoms with Crippen LogP contribution in [0.3, 0.4) is 0 Å². The van der Waals surface area contributed by atoms with Crippen molar-refractivity contribution in [3.63, 3.8) is 0 Å². The summed E-state index contributed by atoms with van der Waals surface area (Å²) in [6.45, 7) is 6.42. The average Bonchev–Trinajstić information content (AvgIpc) is 3.37. The number of nitrogens with zero attached hydrogens (tertiary/aromatic N) is 4. The fraction of sp³-hybridized carbons (Fsp3) is 0.308. The molecule has 3 aromatic heterocycles. The smallest absolute Gasteiger partial charge is 0.336 e. The molecule has 0 saturated heterocycles. The first-order chi connectivity index (χ1) is 17.6. The summed E-state index contributed by atoms with van der Waals surface area (Å²) in [6, 6.07) is 6.77. The Morgan fingerprint density at radius 1 is 1.14 bits per heavy atom. The highest BCUT2D eigenvalue weighted by atomic mass is 19.1. The molecule has 4 aromatic rings. The first-order valence-corrected chi connectivity index (χ1v) is 11.6. The van der Waals surface area contributed by atoms with Gasteiger partial charge in [0, 0.05) is 24.5 Å². The maximum atomic E-state index is 14.1. The quantitative estimate of drug-likeness (QED) is 0.362. The topological polar surface area (TPSA) is 99.8 Å². The van der Waals surface area contributed by atoms with E-state index in [1.54, 1.807) is 57.8 Å². The number of nitrogens with one attached hydrogen (secondary N) is 1. The monoisotopic (exact) mass is 511 g/mol. The predicted molar refractivity (Wildman–Crippen MR) is 130 cm³/mol. The summed E-state index contributed by atoms with van der Waals surface area (Å²) in [6.07, 6.45) is 3.12. The minimum absolute atomic E-state index is 0.127. The van der Waals surface area contributed by atoms with Gasteiger partial charge in [0.05, 0.1) is 24.1 Å². The molecule has 0 saturated carbocycles. The number of ether oxygens (including phenoxy) is 2. The summed E-state index contributed by atoms with van der Waals surface area (Å²) in [4.78, 5) is 31.1. The molecule has 1 amide bonds. The minimum atomic E-state index is -1.53. The van der Waals surface area contributed by atoms with E-state index in [9.17, 15) is 18.4 Å².